The molecule has 1 aliphatic heterocycles. The Labute approximate surface area is 190 Å². The maximum Gasteiger partial charge on any atom is 0.318 e. The number of hydrogen-bond acceptors (Lipinski definition) is 7. The van der Waals surface area contributed by atoms with Gasteiger partial charge in [0.15, 0.2) is 0 Å². The normalized spacial score (nSPS) is 12.8. The van der Waals surface area contributed by atoms with Crippen LogP contribution in [0.2, 0.25) is 0 Å². The van der Waals surface area contributed by atoms with E-state index in [1.807, 2.05) is 19.9 Å². The first kappa shape index (κ1) is 24.8. The second-order valence-corrected chi connectivity index (χ2v) is 8.76. The summed E-state index contributed by atoms with van der Waals surface area (Å²) in [6.07, 6.45) is 5.05. The van der Waals surface area contributed by atoms with Crippen LogP contribution in [-0.2, 0) is 13.0 Å². The van der Waals surface area contributed by atoms with Crippen molar-refractivity contribution in [3.63, 3.8) is 0 Å². The van der Waals surface area contributed by atoms with Gasteiger partial charge in [0.2, 0.25) is 5.89 Å². The van der Waals surface area contributed by atoms with Crippen molar-refractivity contribution in [3.8, 4) is 10.6 Å². The Morgan fingerprint density at radius 3 is 2.35 bits per heavy atom. The Balaban J connectivity index is 0.000000201. The van der Waals surface area contributed by atoms with E-state index >= 15 is 0 Å². The van der Waals surface area contributed by atoms with Gasteiger partial charge in [0, 0.05) is 36.5 Å². The number of anilines is 1. The van der Waals surface area contributed by atoms with Crippen molar-refractivity contribution in [1.82, 2.24) is 20.1 Å². The van der Waals surface area contributed by atoms with Crippen LogP contribution in [0.1, 0.15) is 43.2 Å². The van der Waals surface area contributed by atoms with Crippen LogP contribution in [0.5, 0.6) is 0 Å². The van der Waals surface area contributed by atoms with Crippen LogP contribution in [0.3, 0.4) is 0 Å². The van der Waals surface area contributed by atoms with Gasteiger partial charge in [-0.05, 0) is 40.8 Å². The Kier molecular flexibility index (Phi) is 10.4. The Morgan fingerprint density at radius 2 is 1.81 bits per heavy atom. The molecule has 3 heterocycles. The SMILES string of the molecule is C=CC.CCc1nnc(N2CCCC2)o1.Cc1sc(-c2ccccc2)nc1CN(C)C. The Morgan fingerprint density at radius 1 is 1.16 bits per heavy atom. The van der Waals surface area contributed by atoms with E-state index in [2.05, 4.69) is 71.9 Å². The van der Waals surface area contributed by atoms with Crippen LogP contribution >= 0.6 is 11.3 Å². The standard InChI is InChI=1S/C13H16N2S.C8H13N3O.C3H6/c1-10-12(9-15(2)3)14-13(16-10)11-7-5-4-6-8-11;1-2-7-9-10-8(12-7)11-5-3-4-6-11;1-3-2/h4-8H,9H2,1-3H3;2-6H2,1H3;3H,1H2,2H3. The fraction of sp³-hybridized carbons (Fsp3) is 0.458. The van der Waals surface area contributed by atoms with E-state index in [0.717, 1.165) is 37.0 Å². The van der Waals surface area contributed by atoms with Crippen molar-refractivity contribution >= 4 is 17.4 Å². The highest BCUT2D eigenvalue weighted by molar-refractivity contribution is 7.15. The Bertz CT molecular complexity index is 898. The van der Waals surface area contributed by atoms with Crippen molar-refractivity contribution < 1.29 is 4.42 Å². The molecule has 0 N–H and O–H groups in total. The lowest BCUT2D eigenvalue weighted by atomic mass is 10.2. The third kappa shape index (κ3) is 7.92. The van der Waals surface area contributed by atoms with E-state index in [1.54, 1.807) is 17.4 Å². The maximum atomic E-state index is 5.42. The second kappa shape index (κ2) is 13.0. The summed E-state index contributed by atoms with van der Waals surface area (Å²) in [5, 5.41) is 9.02. The van der Waals surface area contributed by atoms with Crippen LogP contribution < -0.4 is 4.90 Å². The van der Waals surface area contributed by atoms with Crippen LogP contribution in [0.15, 0.2) is 47.4 Å². The lowest BCUT2D eigenvalue weighted by Crippen LogP contribution is -2.17. The molecular weight excluding hydrogens is 406 g/mol. The van der Waals surface area contributed by atoms with Crippen LogP contribution in [-0.4, -0.2) is 47.3 Å². The zero-order valence-corrected chi connectivity index (χ0v) is 20.3. The second-order valence-electron chi connectivity index (χ2n) is 7.56. The molecule has 168 valence electrons. The summed E-state index contributed by atoms with van der Waals surface area (Å²) in [4.78, 5) is 10.3. The molecule has 0 amide bonds. The fourth-order valence-electron chi connectivity index (χ4n) is 3.00. The van der Waals surface area contributed by atoms with Gasteiger partial charge >= 0.3 is 6.01 Å². The number of allylic oxidation sites excluding steroid dienone is 1. The van der Waals surface area contributed by atoms with E-state index in [4.69, 9.17) is 9.40 Å². The molecule has 6 nitrogen and oxygen atoms in total. The molecule has 0 bridgehead atoms. The first-order chi connectivity index (χ1) is 15.0. The van der Waals surface area contributed by atoms with Gasteiger partial charge in [-0.3, -0.25) is 0 Å². The molecule has 0 radical (unpaired) electrons. The summed E-state index contributed by atoms with van der Waals surface area (Å²) in [6.45, 7) is 12.4. The fourth-order valence-corrected chi connectivity index (χ4v) is 3.93. The highest BCUT2D eigenvalue weighted by Gasteiger charge is 2.17. The van der Waals surface area contributed by atoms with Crippen LogP contribution in [0.4, 0.5) is 6.01 Å². The minimum absolute atomic E-state index is 0.698. The summed E-state index contributed by atoms with van der Waals surface area (Å²) in [7, 11) is 4.14. The molecule has 1 fully saturated rings. The summed E-state index contributed by atoms with van der Waals surface area (Å²) < 4.78 is 5.42. The van der Waals surface area contributed by atoms with Gasteiger partial charge in [0.1, 0.15) is 5.01 Å². The highest BCUT2D eigenvalue weighted by atomic mass is 32.1. The molecule has 0 spiro atoms. The van der Waals surface area contributed by atoms with Gasteiger partial charge in [0.25, 0.3) is 0 Å². The van der Waals surface area contributed by atoms with Crippen molar-refractivity contribution in [2.45, 2.75) is 46.6 Å². The van der Waals surface area contributed by atoms with Crippen molar-refractivity contribution in [3.05, 3.63) is 59.4 Å². The zero-order chi connectivity index (χ0) is 22.6. The number of nitrogens with zero attached hydrogens (tertiary/aromatic N) is 5. The summed E-state index contributed by atoms with van der Waals surface area (Å²) in [5.41, 5.74) is 2.40. The molecule has 1 saturated heterocycles. The largest absolute Gasteiger partial charge is 0.408 e. The molecule has 0 atom stereocenters. The molecule has 0 aliphatic carbocycles. The number of hydrogen-bond donors (Lipinski definition) is 0. The van der Waals surface area contributed by atoms with Crippen molar-refractivity contribution in [1.29, 1.82) is 0 Å². The van der Waals surface area contributed by atoms with Crippen molar-refractivity contribution in [2.75, 3.05) is 32.1 Å². The van der Waals surface area contributed by atoms with E-state index in [0.29, 0.717) is 6.01 Å². The number of benzene rings is 1. The molecular formula is C24H35N5OS. The average Bonchev–Trinajstić information content (AvgIpc) is 3.51. The quantitative estimate of drug-likeness (QED) is 0.480. The topological polar surface area (TPSA) is 58.3 Å². The first-order valence-corrected chi connectivity index (χ1v) is 11.6. The predicted molar refractivity (Wildman–Crippen MR) is 131 cm³/mol. The van der Waals surface area contributed by atoms with E-state index < -0.39 is 0 Å². The monoisotopic (exact) mass is 441 g/mol. The third-order valence-electron chi connectivity index (χ3n) is 4.51. The van der Waals surface area contributed by atoms with E-state index in [1.165, 1.54) is 29.0 Å². The highest BCUT2D eigenvalue weighted by Crippen LogP contribution is 2.27. The Hall–Kier alpha value is -2.51. The number of aromatic nitrogens is 3. The third-order valence-corrected chi connectivity index (χ3v) is 5.58. The molecule has 1 aromatic carbocycles. The minimum atomic E-state index is 0.698. The molecule has 3 aromatic rings. The van der Waals surface area contributed by atoms with Gasteiger partial charge in [0.05, 0.1) is 5.69 Å². The van der Waals surface area contributed by atoms with Gasteiger partial charge in [-0.1, -0.05) is 48.4 Å². The summed E-state index contributed by atoms with van der Waals surface area (Å²) in [6, 6.07) is 11.1. The molecule has 0 saturated carbocycles. The predicted octanol–water partition coefficient (Wildman–Crippen LogP) is 5.60. The first-order valence-electron chi connectivity index (χ1n) is 10.8. The molecule has 1 aliphatic rings. The summed E-state index contributed by atoms with van der Waals surface area (Å²) in [5.74, 6) is 0.733. The molecule has 7 heteroatoms. The average molecular weight is 442 g/mol. The number of thiazole rings is 1. The van der Waals surface area contributed by atoms with Gasteiger partial charge in [-0.2, -0.15) is 0 Å². The molecule has 31 heavy (non-hydrogen) atoms. The van der Waals surface area contributed by atoms with Crippen LogP contribution in [0, 0.1) is 6.92 Å². The van der Waals surface area contributed by atoms with Gasteiger partial charge < -0.3 is 14.2 Å². The van der Waals surface area contributed by atoms with Gasteiger partial charge in [-0.15, -0.1) is 23.0 Å². The molecule has 2 aromatic heterocycles. The maximum absolute atomic E-state index is 5.42. The molecule has 0 unspecified atom stereocenters. The number of aryl methyl sites for hydroxylation is 2. The van der Waals surface area contributed by atoms with E-state index in [9.17, 15) is 0 Å². The summed E-state index contributed by atoms with van der Waals surface area (Å²) >= 11 is 1.77. The minimum Gasteiger partial charge on any atom is -0.408 e. The number of rotatable bonds is 5. The van der Waals surface area contributed by atoms with Crippen LogP contribution in [0.25, 0.3) is 10.6 Å². The van der Waals surface area contributed by atoms with E-state index in [-0.39, 0.29) is 0 Å². The lowest BCUT2D eigenvalue weighted by molar-refractivity contribution is 0.397. The lowest BCUT2D eigenvalue weighted by Gasteiger charge is -2.09. The molecule has 4 rings (SSSR count). The van der Waals surface area contributed by atoms with Gasteiger partial charge in [-0.25, -0.2) is 4.98 Å². The van der Waals surface area contributed by atoms with Crippen molar-refractivity contribution in [2.24, 2.45) is 0 Å². The smallest absolute Gasteiger partial charge is 0.318 e. The zero-order valence-electron chi connectivity index (χ0n) is 19.5.